The maximum absolute atomic E-state index is 11.5. The molecule has 0 fully saturated rings. The SMILES string of the molecule is CCC(C)C(O)Cn1cnc(C)cc1=O. The molecule has 15 heavy (non-hydrogen) atoms. The summed E-state index contributed by atoms with van der Waals surface area (Å²) in [5, 5.41) is 9.78. The van der Waals surface area contributed by atoms with Gasteiger partial charge in [0.2, 0.25) is 0 Å². The molecule has 0 aromatic carbocycles. The smallest absolute Gasteiger partial charge is 0.253 e. The highest BCUT2D eigenvalue weighted by molar-refractivity contribution is 4.96. The van der Waals surface area contributed by atoms with Crippen molar-refractivity contribution in [3.05, 3.63) is 28.4 Å². The summed E-state index contributed by atoms with van der Waals surface area (Å²) >= 11 is 0. The predicted octanol–water partition coefficient (Wildman–Crippen LogP) is 0.959. The van der Waals surface area contributed by atoms with Gasteiger partial charge in [-0.05, 0) is 12.8 Å². The molecule has 0 spiro atoms. The Kier molecular flexibility index (Phi) is 4.03. The average Bonchev–Trinajstić information content (AvgIpc) is 2.20. The molecular formula is C11H18N2O2. The zero-order valence-corrected chi connectivity index (χ0v) is 9.47. The Bertz CT molecular complexity index is 373. The Balaban J connectivity index is 2.77. The minimum Gasteiger partial charge on any atom is -0.391 e. The van der Waals surface area contributed by atoms with E-state index in [1.807, 2.05) is 13.8 Å². The lowest BCUT2D eigenvalue weighted by Gasteiger charge is -2.17. The summed E-state index contributed by atoms with van der Waals surface area (Å²) in [7, 11) is 0. The summed E-state index contributed by atoms with van der Waals surface area (Å²) in [5.41, 5.74) is 0.596. The molecule has 1 aromatic rings. The first kappa shape index (κ1) is 11.9. The number of rotatable bonds is 4. The van der Waals surface area contributed by atoms with E-state index in [1.54, 1.807) is 6.92 Å². The molecule has 2 atom stereocenters. The van der Waals surface area contributed by atoms with Gasteiger partial charge in [-0.25, -0.2) is 4.98 Å². The summed E-state index contributed by atoms with van der Waals surface area (Å²) in [6.07, 6.45) is 1.90. The largest absolute Gasteiger partial charge is 0.391 e. The molecule has 0 aliphatic rings. The number of hydrogen-bond donors (Lipinski definition) is 1. The van der Waals surface area contributed by atoms with Crippen molar-refractivity contribution < 1.29 is 5.11 Å². The molecule has 84 valence electrons. The molecule has 1 N–H and O–H groups in total. The van der Waals surface area contributed by atoms with E-state index in [1.165, 1.54) is 17.0 Å². The van der Waals surface area contributed by atoms with Gasteiger partial charge in [0.25, 0.3) is 5.56 Å². The molecule has 4 nitrogen and oxygen atoms in total. The summed E-state index contributed by atoms with van der Waals surface area (Å²) in [6, 6.07) is 1.48. The van der Waals surface area contributed by atoms with Crippen molar-refractivity contribution in [2.24, 2.45) is 5.92 Å². The van der Waals surface area contributed by atoms with Crippen LogP contribution in [0.1, 0.15) is 26.0 Å². The average molecular weight is 210 g/mol. The first-order valence-corrected chi connectivity index (χ1v) is 5.25. The van der Waals surface area contributed by atoms with Gasteiger partial charge in [0.05, 0.1) is 19.0 Å². The van der Waals surface area contributed by atoms with Crippen LogP contribution in [0.4, 0.5) is 0 Å². The van der Waals surface area contributed by atoms with Crippen molar-refractivity contribution in [3.8, 4) is 0 Å². The number of aliphatic hydroxyl groups excluding tert-OH is 1. The lowest BCUT2D eigenvalue weighted by Crippen LogP contribution is -2.30. The van der Waals surface area contributed by atoms with Crippen LogP contribution in [0.2, 0.25) is 0 Å². The van der Waals surface area contributed by atoms with E-state index in [2.05, 4.69) is 4.98 Å². The Labute approximate surface area is 89.6 Å². The molecule has 4 heteroatoms. The third-order valence-electron chi connectivity index (χ3n) is 2.70. The van der Waals surface area contributed by atoms with E-state index in [-0.39, 0.29) is 11.5 Å². The molecule has 1 aromatic heterocycles. The van der Waals surface area contributed by atoms with Crippen molar-refractivity contribution in [2.75, 3.05) is 0 Å². The van der Waals surface area contributed by atoms with Crippen LogP contribution in [-0.4, -0.2) is 20.8 Å². The molecule has 1 heterocycles. The highest BCUT2D eigenvalue weighted by Gasteiger charge is 2.13. The van der Waals surface area contributed by atoms with Crippen LogP contribution in [0.15, 0.2) is 17.2 Å². The Morgan fingerprint density at radius 3 is 2.80 bits per heavy atom. The molecule has 0 saturated carbocycles. The van der Waals surface area contributed by atoms with Crippen LogP contribution < -0.4 is 5.56 Å². The summed E-state index contributed by atoms with van der Waals surface area (Å²) in [4.78, 5) is 15.5. The van der Waals surface area contributed by atoms with Crippen LogP contribution in [0.5, 0.6) is 0 Å². The Hall–Kier alpha value is -1.16. The molecule has 0 saturated heterocycles. The number of aromatic nitrogens is 2. The van der Waals surface area contributed by atoms with Crippen LogP contribution in [0.25, 0.3) is 0 Å². The fraction of sp³-hybridized carbons (Fsp3) is 0.636. The van der Waals surface area contributed by atoms with Gasteiger partial charge in [-0.2, -0.15) is 0 Å². The van der Waals surface area contributed by atoms with E-state index >= 15 is 0 Å². The lowest BCUT2D eigenvalue weighted by atomic mass is 10.0. The fourth-order valence-electron chi connectivity index (χ4n) is 1.31. The van der Waals surface area contributed by atoms with E-state index < -0.39 is 6.10 Å². The minimum atomic E-state index is -0.489. The maximum atomic E-state index is 11.5. The van der Waals surface area contributed by atoms with Crippen molar-refractivity contribution in [2.45, 2.75) is 39.8 Å². The lowest BCUT2D eigenvalue weighted by molar-refractivity contribution is 0.0952. The molecule has 0 bridgehead atoms. The van der Waals surface area contributed by atoms with Crippen molar-refractivity contribution in [1.82, 2.24) is 9.55 Å². The third-order valence-corrected chi connectivity index (χ3v) is 2.70. The monoisotopic (exact) mass is 210 g/mol. The highest BCUT2D eigenvalue weighted by Crippen LogP contribution is 2.08. The number of aliphatic hydroxyl groups is 1. The molecule has 0 radical (unpaired) electrons. The minimum absolute atomic E-state index is 0.107. The third kappa shape index (κ3) is 3.16. The molecule has 1 rings (SSSR count). The molecule has 2 unspecified atom stereocenters. The van der Waals surface area contributed by atoms with Crippen LogP contribution in [-0.2, 0) is 6.54 Å². The summed E-state index contributed by atoms with van der Waals surface area (Å²) < 4.78 is 1.45. The topological polar surface area (TPSA) is 55.1 Å². The number of nitrogens with zero attached hydrogens (tertiary/aromatic N) is 2. The van der Waals surface area contributed by atoms with E-state index in [4.69, 9.17) is 0 Å². The quantitative estimate of drug-likeness (QED) is 0.805. The first-order chi connectivity index (χ1) is 7.04. The number of aryl methyl sites for hydroxylation is 1. The van der Waals surface area contributed by atoms with Gasteiger partial charge in [0.15, 0.2) is 0 Å². The van der Waals surface area contributed by atoms with E-state index in [9.17, 15) is 9.90 Å². The van der Waals surface area contributed by atoms with Gasteiger partial charge >= 0.3 is 0 Å². The van der Waals surface area contributed by atoms with Crippen molar-refractivity contribution in [3.63, 3.8) is 0 Å². The van der Waals surface area contributed by atoms with E-state index in [0.29, 0.717) is 12.2 Å². The van der Waals surface area contributed by atoms with Gasteiger partial charge in [-0.15, -0.1) is 0 Å². The second-order valence-electron chi connectivity index (χ2n) is 3.97. The maximum Gasteiger partial charge on any atom is 0.253 e. The van der Waals surface area contributed by atoms with Gasteiger partial charge in [-0.3, -0.25) is 9.36 Å². The molecule has 0 aliphatic heterocycles. The van der Waals surface area contributed by atoms with Gasteiger partial charge in [0, 0.05) is 11.8 Å². The molecular weight excluding hydrogens is 192 g/mol. The Morgan fingerprint density at radius 2 is 2.27 bits per heavy atom. The number of hydrogen-bond acceptors (Lipinski definition) is 3. The standard InChI is InChI=1S/C11H18N2O2/c1-4-8(2)10(14)6-13-7-12-9(3)5-11(13)15/h5,7-8,10,14H,4,6H2,1-3H3. The van der Waals surface area contributed by atoms with E-state index in [0.717, 1.165) is 6.42 Å². The first-order valence-electron chi connectivity index (χ1n) is 5.25. The second-order valence-corrected chi connectivity index (χ2v) is 3.97. The summed E-state index contributed by atoms with van der Waals surface area (Å²) in [6.45, 7) is 6.08. The van der Waals surface area contributed by atoms with Gasteiger partial charge in [-0.1, -0.05) is 20.3 Å². The Morgan fingerprint density at radius 1 is 1.60 bits per heavy atom. The van der Waals surface area contributed by atoms with Crippen LogP contribution in [0, 0.1) is 12.8 Å². The summed E-state index contributed by atoms with van der Waals surface area (Å²) in [5.74, 6) is 0.193. The predicted molar refractivity (Wildman–Crippen MR) is 58.7 cm³/mol. The zero-order valence-electron chi connectivity index (χ0n) is 9.47. The highest BCUT2D eigenvalue weighted by atomic mass is 16.3. The molecule has 0 aliphatic carbocycles. The van der Waals surface area contributed by atoms with Gasteiger partial charge < -0.3 is 5.11 Å². The van der Waals surface area contributed by atoms with Crippen LogP contribution in [0.3, 0.4) is 0 Å². The van der Waals surface area contributed by atoms with Crippen LogP contribution >= 0.6 is 0 Å². The fourth-order valence-corrected chi connectivity index (χ4v) is 1.31. The zero-order chi connectivity index (χ0) is 11.4. The van der Waals surface area contributed by atoms with Crippen molar-refractivity contribution >= 4 is 0 Å². The second kappa shape index (κ2) is 5.07. The normalized spacial score (nSPS) is 14.9. The molecule has 0 amide bonds. The van der Waals surface area contributed by atoms with Gasteiger partial charge in [0.1, 0.15) is 0 Å². The van der Waals surface area contributed by atoms with Crippen molar-refractivity contribution in [1.29, 1.82) is 0 Å².